The molecule has 2 aliphatic heterocycles. The second-order valence-corrected chi connectivity index (χ2v) is 7.78. The highest BCUT2D eigenvalue weighted by Gasteiger charge is 2.84. The Kier molecular flexibility index (Phi) is 3.78. The third-order valence-corrected chi connectivity index (χ3v) is 5.66. The van der Waals surface area contributed by atoms with E-state index in [1.165, 1.54) is 13.8 Å². The van der Waals surface area contributed by atoms with E-state index in [1.807, 2.05) is 0 Å². The Balaban J connectivity index is 2.69. The van der Waals surface area contributed by atoms with Crippen molar-refractivity contribution in [2.24, 2.45) is 0 Å². The number of hydrogen-bond acceptors (Lipinski definition) is 7. The molecule has 2 aliphatic rings. The minimum Gasteiger partial charge on any atom is -0.453 e. The summed E-state index contributed by atoms with van der Waals surface area (Å²) in [6.07, 6.45) is 0. The molecule has 0 bridgehead atoms. The number of ether oxygens (including phenoxy) is 4. The summed E-state index contributed by atoms with van der Waals surface area (Å²) in [5.41, 5.74) is -5.80. The highest BCUT2D eigenvalue weighted by atomic mass is 16.9. The van der Waals surface area contributed by atoms with Gasteiger partial charge in [0.05, 0.1) is 6.61 Å². The lowest BCUT2D eigenvalue weighted by atomic mass is 9.67. The fourth-order valence-corrected chi connectivity index (χ4v) is 4.02. The van der Waals surface area contributed by atoms with Crippen molar-refractivity contribution in [1.29, 1.82) is 0 Å². The summed E-state index contributed by atoms with van der Waals surface area (Å²) in [4.78, 5) is 11.8. The van der Waals surface area contributed by atoms with Gasteiger partial charge in [-0.1, -0.05) is 0 Å². The summed E-state index contributed by atoms with van der Waals surface area (Å²) in [5, 5.41) is 20.4. The number of aliphatic hydroxyl groups excluding tert-OH is 1. The van der Waals surface area contributed by atoms with Crippen LogP contribution in [0.2, 0.25) is 0 Å². The first-order valence-corrected chi connectivity index (χ1v) is 7.73. The molecule has 7 heteroatoms. The molecule has 0 aromatic carbocycles. The third kappa shape index (κ3) is 2.10. The van der Waals surface area contributed by atoms with Gasteiger partial charge < -0.3 is 29.2 Å². The molecule has 5 atom stereocenters. The molecule has 0 aliphatic carbocycles. The van der Waals surface area contributed by atoms with E-state index >= 15 is 0 Å². The van der Waals surface area contributed by atoms with E-state index in [2.05, 4.69) is 0 Å². The average molecular weight is 332 g/mol. The van der Waals surface area contributed by atoms with Crippen molar-refractivity contribution < 1.29 is 34.0 Å². The van der Waals surface area contributed by atoms with Crippen LogP contribution in [0.25, 0.3) is 0 Å². The first-order valence-electron chi connectivity index (χ1n) is 7.73. The maximum Gasteiger partial charge on any atom is 0.303 e. The summed E-state index contributed by atoms with van der Waals surface area (Å²) in [6, 6.07) is 0. The van der Waals surface area contributed by atoms with Crippen molar-refractivity contribution >= 4 is 5.97 Å². The molecule has 2 fully saturated rings. The number of fused-ring (bicyclic) bond motifs is 1. The summed E-state index contributed by atoms with van der Waals surface area (Å²) in [6.45, 7) is 12.2. The highest BCUT2D eigenvalue weighted by Crippen LogP contribution is 2.64. The molecule has 0 amide bonds. The van der Waals surface area contributed by atoms with Crippen LogP contribution in [0.4, 0.5) is 0 Å². The van der Waals surface area contributed by atoms with Crippen molar-refractivity contribution in [1.82, 2.24) is 0 Å². The lowest BCUT2D eigenvalue weighted by Crippen LogP contribution is -2.70. The van der Waals surface area contributed by atoms with Gasteiger partial charge in [-0.2, -0.15) is 0 Å². The number of aliphatic hydroxyl groups is 2. The molecule has 0 radical (unpaired) electrons. The number of carbonyl (C=O) groups excluding carboxylic acids is 1. The zero-order valence-electron chi connectivity index (χ0n) is 15.1. The van der Waals surface area contributed by atoms with Gasteiger partial charge in [0.2, 0.25) is 5.79 Å². The van der Waals surface area contributed by atoms with Gasteiger partial charge in [-0.15, -0.1) is 0 Å². The van der Waals surface area contributed by atoms with Crippen LogP contribution < -0.4 is 0 Å². The summed E-state index contributed by atoms with van der Waals surface area (Å²) < 4.78 is 23.8. The lowest BCUT2D eigenvalue weighted by Gasteiger charge is -2.50. The molecular formula is C16H28O7. The van der Waals surface area contributed by atoms with E-state index in [-0.39, 0.29) is 0 Å². The fourth-order valence-electron chi connectivity index (χ4n) is 4.02. The molecule has 0 aromatic rings. The molecule has 134 valence electrons. The third-order valence-electron chi connectivity index (χ3n) is 5.66. The van der Waals surface area contributed by atoms with Crippen LogP contribution >= 0.6 is 0 Å². The maximum absolute atomic E-state index is 11.8. The van der Waals surface area contributed by atoms with Crippen molar-refractivity contribution in [3.63, 3.8) is 0 Å². The molecule has 7 nitrogen and oxygen atoms in total. The Hall–Kier alpha value is -0.730. The van der Waals surface area contributed by atoms with Gasteiger partial charge in [0.1, 0.15) is 11.2 Å². The first-order chi connectivity index (χ1) is 10.1. The fraction of sp³-hybridized carbons (Fsp3) is 0.938. The van der Waals surface area contributed by atoms with Crippen LogP contribution in [0, 0.1) is 0 Å². The first kappa shape index (κ1) is 18.6. The Morgan fingerprint density at radius 2 is 1.61 bits per heavy atom. The van der Waals surface area contributed by atoms with Crippen molar-refractivity contribution in [3.05, 3.63) is 0 Å². The van der Waals surface area contributed by atoms with Gasteiger partial charge in [0.25, 0.3) is 0 Å². The van der Waals surface area contributed by atoms with Crippen LogP contribution in [-0.4, -0.2) is 56.8 Å². The largest absolute Gasteiger partial charge is 0.453 e. The second-order valence-electron chi connectivity index (χ2n) is 7.78. The van der Waals surface area contributed by atoms with E-state index in [0.29, 0.717) is 0 Å². The Morgan fingerprint density at radius 1 is 1.09 bits per heavy atom. The molecule has 2 heterocycles. The van der Waals surface area contributed by atoms with Crippen molar-refractivity contribution in [3.8, 4) is 0 Å². The predicted molar refractivity (Wildman–Crippen MR) is 80.4 cm³/mol. The second kappa shape index (κ2) is 4.67. The van der Waals surface area contributed by atoms with Crippen LogP contribution in [-0.2, 0) is 23.7 Å². The quantitative estimate of drug-likeness (QED) is 0.747. The predicted octanol–water partition coefficient (Wildman–Crippen LogP) is 1.10. The molecular weight excluding hydrogens is 304 g/mol. The minimum absolute atomic E-state index is 0.546. The van der Waals surface area contributed by atoms with Crippen LogP contribution in [0.3, 0.4) is 0 Å². The number of carbonyl (C=O) groups is 1. The van der Waals surface area contributed by atoms with E-state index in [9.17, 15) is 15.0 Å². The molecule has 0 spiro atoms. The van der Waals surface area contributed by atoms with Crippen molar-refractivity contribution in [2.75, 3.05) is 6.61 Å². The normalized spacial score (nSPS) is 47.9. The van der Waals surface area contributed by atoms with Gasteiger partial charge in [0.15, 0.2) is 17.0 Å². The lowest BCUT2D eigenvalue weighted by molar-refractivity contribution is -0.322. The maximum atomic E-state index is 11.8. The monoisotopic (exact) mass is 332 g/mol. The molecule has 2 N–H and O–H groups in total. The SMILES string of the molecule is CC(=O)O[C@]1(C)[C@@]2(C)OC(C)(C)O[C@@]2(C)O[C@@]1(C)[C@](C)(O)CO. The van der Waals surface area contributed by atoms with E-state index in [0.717, 1.165) is 0 Å². The molecule has 2 rings (SSSR count). The Labute approximate surface area is 136 Å². The number of hydrogen-bond donors (Lipinski definition) is 2. The zero-order valence-corrected chi connectivity index (χ0v) is 15.1. The van der Waals surface area contributed by atoms with Crippen molar-refractivity contribution in [2.45, 2.75) is 89.4 Å². The summed E-state index contributed by atoms with van der Waals surface area (Å²) >= 11 is 0. The summed E-state index contributed by atoms with van der Waals surface area (Å²) in [7, 11) is 0. The van der Waals surface area contributed by atoms with E-state index < -0.39 is 46.6 Å². The number of rotatable bonds is 3. The molecule has 0 saturated carbocycles. The average Bonchev–Trinajstić information content (AvgIpc) is 2.59. The van der Waals surface area contributed by atoms with Crippen LogP contribution in [0.1, 0.15) is 55.4 Å². The Morgan fingerprint density at radius 3 is 2.04 bits per heavy atom. The van der Waals surface area contributed by atoms with Gasteiger partial charge in [-0.05, 0) is 48.5 Å². The highest BCUT2D eigenvalue weighted by molar-refractivity contribution is 5.67. The minimum atomic E-state index is -1.70. The molecule has 0 unspecified atom stereocenters. The topological polar surface area (TPSA) is 94.5 Å². The van der Waals surface area contributed by atoms with Gasteiger partial charge >= 0.3 is 5.97 Å². The zero-order chi connectivity index (χ0) is 18.1. The molecule has 0 aromatic heterocycles. The molecule has 2 saturated heterocycles. The van der Waals surface area contributed by atoms with E-state index in [4.69, 9.17) is 18.9 Å². The van der Waals surface area contributed by atoms with Crippen LogP contribution in [0.15, 0.2) is 0 Å². The number of esters is 1. The van der Waals surface area contributed by atoms with E-state index in [1.54, 1.807) is 41.5 Å². The van der Waals surface area contributed by atoms with Gasteiger partial charge in [0, 0.05) is 6.92 Å². The standard InChI is InChI=1S/C16H28O7/c1-10(18)20-14(6)13(5,12(4,19)9-17)23-16(8)15(14,7)21-11(2,3)22-16/h17,19H,9H2,1-8H3/t12-,13+,14+,15-,16+/m1/s1. The van der Waals surface area contributed by atoms with Gasteiger partial charge in [-0.25, -0.2) is 0 Å². The Bertz CT molecular complexity index is 531. The summed E-state index contributed by atoms with van der Waals surface area (Å²) in [5.74, 6) is -2.79. The van der Waals surface area contributed by atoms with Gasteiger partial charge in [-0.3, -0.25) is 4.79 Å². The molecule has 23 heavy (non-hydrogen) atoms. The van der Waals surface area contributed by atoms with Crippen LogP contribution in [0.5, 0.6) is 0 Å². The smallest absolute Gasteiger partial charge is 0.303 e.